The molecular formula is C28H33F2N2O3+. The number of aliphatic imine (C=N–C) groups is 1. The number of benzene rings is 2. The number of rotatable bonds is 10. The van der Waals surface area contributed by atoms with Crippen LogP contribution >= 0.6 is 0 Å². The molecule has 1 aliphatic heterocycles. The standard InChI is InChI=1S/C28H33F2N2O3/c1-21-31-19-25(32(21)20-22-10-4-2-5-11-22)14-8-9-17-35-26(33)28(34,23-12-6-3-7-13-23)24-15-16-27(29,30)18-24/h2-7,10-13,19,21,24,34H,8-9,14-18,20H2,1H3/q+1/t21?,24-,28+/m1/s1. The van der Waals surface area contributed by atoms with Gasteiger partial charge in [0.2, 0.25) is 12.1 Å². The van der Waals surface area contributed by atoms with Crippen molar-refractivity contribution in [1.82, 2.24) is 0 Å². The molecule has 0 amide bonds. The maximum atomic E-state index is 13.9. The van der Waals surface area contributed by atoms with Gasteiger partial charge in [0.25, 0.3) is 0 Å². The highest BCUT2D eigenvalue weighted by molar-refractivity contribution is 6.28. The molecule has 3 atom stereocenters. The molecule has 35 heavy (non-hydrogen) atoms. The Bertz CT molecular complexity index is 1070. The summed E-state index contributed by atoms with van der Waals surface area (Å²) in [5, 5.41) is 11.4. The number of carbonyl (C=O) groups is 1. The third kappa shape index (κ3) is 5.84. The molecule has 2 aromatic rings. The fourth-order valence-corrected chi connectivity index (χ4v) is 5.01. The summed E-state index contributed by atoms with van der Waals surface area (Å²) in [6.07, 6.45) is 3.36. The Kier molecular flexibility index (Phi) is 7.75. The van der Waals surface area contributed by atoms with Crippen LogP contribution in [0.2, 0.25) is 0 Å². The molecule has 1 N–H and O–H groups in total. The van der Waals surface area contributed by atoms with Crippen molar-refractivity contribution >= 4 is 17.9 Å². The summed E-state index contributed by atoms with van der Waals surface area (Å²) in [5.41, 5.74) is 0.585. The van der Waals surface area contributed by atoms with Gasteiger partial charge in [-0.2, -0.15) is 0 Å². The zero-order valence-electron chi connectivity index (χ0n) is 20.1. The number of alkyl halides is 2. The molecular weight excluding hydrogens is 450 g/mol. The summed E-state index contributed by atoms with van der Waals surface area (Å²) >= 11 is 0. The van der Waals surface area contributed by atoms with Gasteiger partial charge in [0, 0.05) is 37.7 Å². The topological polar surface area (TPSA) is 61.9 Å². The Morgan fingerprint density at radius 1 is 1.14 bits per heavy atom. The molecule has 0 bridgehead atoms. The first-order valence-corrected chi connectivity index (χ1v) is 12.3. The van der Waals surface area contributed by atoms with Crippen LogP contribution < -0.4 is 0 Å². The van der Waals surface area contributed by atoms with Crippen molar-refractivity contribution in [2.45, 2.75) is 69.7 Å². The Hall–Kier alpha value is -2.93. The molecule has 4 rings (SSSR count). The molecule has 186 valence electrons. The highest BCUT2D eigenvalue weighted by Gasteiger charge is 2.54. The van der Waals surface area contributed by atoms with Crippen molar-refractivity contribution in [2.24, 2.45) is 10.9 Å². The van der Waals surface area contributed by atoms with Crippen molar-refractivity contribution < 1.29 is 28.0 Å². The second kappa shape index (κ2) is 10.8. The lowest BCUT2D eigenvalue weighted by molar-refractivity contribution is -0.572. The molecule has 1 heterocycles. The van der Waals surface area contributed by atoms with Crippen LogP contribution in [0.4, 0.5) is 8.78 Å². The molecule has 5 nitrogen and oxygen atoms in total. The lowest BCUT2D eigenvalue weighted by Gasteiger charge is -2.32. The molecule has 1 fully saturated rings. The van der Waals surface area contributed by atoms with Gasteiger partial charge in [-0.25, -0.2) is 23.1 Å². The average molecular weight is 484 g/mol. The van der Waals surface area contributed by atoms with Crippen molar-refractivity contribution in [1.29, 1.82) is 0 Å². The van der Waals surface area contributed by atoms with Crippen LogP contribution in [0.3, 0.4) is 0 Å². The van der Waals surface area contributed by atoms with Crippen molar-refractivity contribution in [3.8, 4) is 0 Å². The lowest BCUT2D eigenvalue weighted by atomic mass is 9.80. The third-order valence-electron chi connectivity index (χ3n) is 7.03. The predicted octanol–water partition coefficient (Wildman–Crippen LogP) is 5.11. The SMILES string of the molecule is CC1N=CC(CCCCOC(=O)[C@](O)(c2ccccc2)[C@@H]2CCC(F)(F)C2)=[N+]1Cc1ccccc1. The normalized spacial score (nSPS) is 22.9. The Morgan fingerprint density at radius 2 is 1.83 bits per heavy atom. The smallest absolute Gasteiger partial charge is 0.343 e. The van der Waals surface area contributed by atoms with Gasteiger partial charge >= 0.3 is 5.97 Å². The first kappa shape index (κ1) is 25.2. The van der Waals surface area contributed by atoms with Gasteiger partial charge in [-0.05, 0) is 24.8 Å². The number of carbonyl (C=O) groups excluding carboxylic acids is 1. The van der Waals surface area contributed by atoms with Gasteiger partial charge in [0.15, 0.2) is 17.9 Å². The summed E-state index contributed by atoms with van der Waals surface area (Å²) in [6.45, 7) is 2.96. The molecule has 7 heteroatoms. The van der Waals surface area contributed by atoms with Gasteiger partial charge in [-0.1, -0.05) is 60.7 Å². The fraction of sp³-hybridized carbons (Fsp3) is 0.464. The number of aliphatic hydroxyl groups is 1. The van der Waals surface area contributed by atoms with E-state index in [1.54, 1.807) is 30.3 Å². The van der Waals surface area contributed by atoms with E-state index in [-0.39, 0.29) is 25.6 Å². The highest BCUT2D eigenvalue weighted by Crippen LogP contribution is 2.47. The summed E-state index contributed by atoms with van der Waals surface area (Å²) in [7, 11) is 0. The summed E-state index contributed by atoms with van der Waals surface area (Å²) in [6, 6.07) is 18.5. The van der Waals surface area contributed by atoms with Gasteiger partial charge < -0.3 is 9.84 Å². The van der Waals surface area contributed by atoms with E-state index in [9.17, 15) is 18.7 Å². The summed E-state index contributed by atoms with van der Waals surface area (Å²) in [5.74, 6) is -4.61. The maximum Gasteiger partial charge on any atom is 0.343 e. The van der Waals surface area contributed by atoms with Gasteiger partial charge in [-0.15, -0.1) is 0 Å². The van der Waals surface area contributed by atoms with E-state index in [1.807, 2.05) is 24.4 Å². The lowest BCUT2D eigenvalue weighted by Crippen LogP contribution is -2.44. The number of unbranched alkanes of at least 4 members (excludes halogenated alkanes) is 1. The fourth-order valence-electron chi connectivity index (χ4n) is 5.01. The van der Waals surface area contributed by atoms with Crippen LogP contribution in [0, 0.1) is 5.92 Å². The molecule has 0 saturated heterocycles. The quantitative estimate of drug-likeness (QED) is 0.290. The average Bonchev–Trinajstić information content (AvgIpc) is 3.41. The van der Waals surface area contributed by atoms with Crippen LogP contribution in [0.1, 0.15) is 56.6 Å². The van der Waals surface area contributed by atoms with E-state index in [0.717, 1.165) is 25.1 Å². The van der Waals surface area contributed by atoms with E-state index in [4.69, 9.17) is 4.74 Å². The second-order valence-electron chi connectivity index (χ2n) is 9.54. The van der Waals surface area contributed by atoms with Crippen LogP contribution in [0.5, 0.6) is 0 Å². The number of esters is 1. The van der Waals surface area contributed by atoms with E-state index in [0.29, 0.717) is 12.0 Å². The predicted molar refractivity (Wildman–Crippen MR) is 131 cm³/mol. The Balaban J connectivity index is 1.34. The molecule has 1 aliphatic carbocycles. The number of hydrogen-bond donors (Lipinski definition) is 1. The number of hydrogen-bond acceptors (Lipinski definition) is 4. The zero-order chi connectivity index (χ0) is 24.9. The van der Waals surface area contributed by atoms with Crippen molar-refractivity contribution in [3.05, 3.63) is 71.8 Å². The van der Waals surface area contributed by atoms with Crippen LogP contribution in [-0.4, -0.2) is 46.3 Å². The molecule has 1 unspecified atom stereocenters. The highest BCUT2D eigenvalue weighted by atomic mass is 19.3. The van der Waals surface area contributed by atoms with Crippen molar-refractivity contribution in [3.63, 3.8) is 0 Å². The molecule has 0 spiro atoms. The van der Waals surface area contributed by atoms with E-state index >= 15 is 0 Å². The minimum atomic E-state index is -2.88. The van der Waals surface area contributed by atoms with Crippen LogP contribution in [0.15, 0.2) is 65.7 Å². The number of ether oxygens (including phenoxy) is 1. The number of nitrogens with zero attached hydrogens (tertiary/aromatic N) is 2. The Morgan fingerprint density at radius 3 is 2.49 bits per heavy atom. The minimum absolute atomic E-state index is 0.0700. The molecule has 0 radical (unpaired) electrons. The third-order valence-corrected chi connectivity index (χ3v) is 7.03. The number of halogens is 2. The van der Waals surface area contributed by atoms with E-state index in [1.165, 1.54) is 5.56 Å². The van der Waals surface area contributed by atoms with Crippen molar-refractivity contribution in [2.75, 3.05) is 6.61 Å². The monoisotopic (exact) mass is 483 g/mol. The largest absolute Gasteiger partial charge is 0.463 e. The second-order valence-corrected chi connectivity index (χ2v) is 9.54. The zero-order valence-corrected chi connectivity index (χ0v) is 20.1. The minimum Gasteiger partial charge on any atom is -0.463 e. The van der Waals surface area contributed by atoms with Gasteiger partial charge in [0.05, 0.1) is 12.8 Å². The summed E-state index contributed by atoms with van der Waals surface area (Å²) < 4.78 is 35.6. The first-order valence-electron chi connectivity index (χ1n) is 12.3. The van der Waals surface area contributed by atoms with Crippen LogP contribution in [-0.2, 0) is 21.7 Å². The molecule has 2 aliphatic rings. The molecule has 0 aromatic heterocycles. The molecule has 2 aromatic carbocycles. The van der Waals surface area contributed by atoms with Gasteiger partial charge in [-0.3, -0.25) is 0 Å². The van der Waals surface area contributed by atoms with Gasteiger partial charge in [0.1, 0.15) is 0 Å². The van der Waals surface area contributed by atoms with E-state index in [2.05, 4.69) is 28.6 Å². The van der Waals surface area contributed by atoms with E-state index < -0.39 is 29.8 Å². The maximum absolute atomic E-state index is 13.9. The summed E-state index contributed by atoms with van der Waals surface area (Å²) in [4.78, 5) is 17.6. The first-order chi connectivity index (χ1) is 16.8. The molecule has 1 saturated carbocycles. The Labute approximate surface area is 205 Å². The van der Waals surface area contributed by atoms with Crippen LogP contribution in [0.25, 0.3) is 0 Å².